The molecule has 84 valence electrons. The molecule has 0 aliphatic heterocycles. The lowest BCUT2D eigenvalue weighted by Gasteiger charge is -2.02. The molecule has 0 spiro atoms. The van der Waals surface area contributed by atoms with Gasteiger partial charge in [0.15, 0.2) is 5.78 Å². The van der Waals surface area contributed by atoms with Crippen molar-refractivity contribution >= 4 is 27.3 Å². The van der Waals surface area contributed by atoms with Crippen LogP contribution in [0.3, 0.4) is 0 Å². The number of hydrogen-bond acceptors (Lipinski definition) is 6. The quantitative estimate of drug-likeness (QED) is 0.341. The number of H-pyrrole nitrogens is 1. The average Bonchev–Trinajstić information content (AvgIpc) is 2.61. The molecular weight excluding hydrogens is 230 g/mol. The van der Waals surface area contributed by atoms with Crippen LogP contribution in [0, 0.1) is 0 Å². The highest BCUT2D eigenvalue weighted by molar-refractivity contribution is 7.16. The zero-order valence-corrected chi connectivity index (χ0v) is 8.93. The van der Waals surface area contributed by atoms with Crippen molar-refractivity contribution in [2.24, 2.45) is 5.84 Å². The number of aromatic amines is 1. The molecule has 1 aromatic carbocycles. The molecule has 0 atom stereocenters. The number of carbonyl (C=O) groups excluding carboxylic acids is 1. The molecule has 7 heteroatoms. The van der Waals surface area contributed by atoms with Crippen molar-refractivity contribution in [3.8, 4) is 5.75 Å². The first-order valence-corrected chi connectivity index (χ1v) is 5.26. The van der Waals surface area contributed by atoms with E-state index >= 15 is 0 Å². The van der Waals surface area contributed by atoms with Gasteiger partial charge in [0, 0.05) is 5.56 Å². The van der Waals surface area contributed by atoms with Gasteiger partial charge < -0.3 is 10.1 Å². The number of benzene rings is 1. The SMILES string of the molecule is NNCC(=O)c1ccc(O)c2[nH]c(=O)sc12. The molecule has 5 N–H and O–H groups in total. The number of hydrazine groups is 1. The number of nitrogens with one attached hydrogen (secondary N) is 2. The number of Topliss-reactive ketones (excluding diaryl/α,β-unsaturated/α-hetero) is 1. The zero-order chi connectivity index (χ0) is 11.7. The summed E-state index contributed by atoms with van der Waals surface area (Å²) in [6, 6.07) is 2.84. The summed E-state index contributed by atoms with van der Waals surface area (Å²) < 4.78 is 0.449. The largest absolute Gasteiger partial charge is 0.506 e. The minimum Gasteiger partial charge on any atom is -0.506 e. The summed E-state index contributed by atoms with van der Waals surface area (Å²) in [5.74, 6) is 4.78. The highest BCUT2D eigenvalue weighted by atomic mass is 32.1. The van der Waals surface area contributed by atoms with Crippen molar-refractivity contribution in [3.05, 3.63) is 27.4 Å². The van der Waals surface area contributed by atoms with E-state index in [2.05, 4.69) is 10.4 Å². The molecule has 0 fully saturated rings. The second-order valence-corrected chi connectivity index (χ2v) is 4.14. The van der Waals surface area contributed by atoms with Gasteiger partial charge in [0.1, 0.15) is 11.3 Å². The molecule has 0 bridgehead atoms. The monoisotopic (exact) mass is 239 g/mol. The molecule has 0 saturated heterocycles. The Morgan fingerprint density at radius 1 is 1.56 bits per heavy atom. The van der Waals surface area contributed by atoms with E-state index in [9.17, 15) is 14.7 Å². The predicted molar refractivity (Wildman–Crippen MR) is 60.6 cm³/mol. The van der Waals surface area contributed by atoms with Crippen LogP contribution < -0.4 is 16.1 Å². The number of fused-ring (bicyclic) bond motifs is 1. The first-order valence-electron chi connectivity index (χ1n) is 4.45. The Labute approximate surface area is 93.7 Å². The van der Waals surface area contributed by atoms with Gasteiger partial charge in [0.05, 0.1) is 11.2 Å². The maximum atomic E-state index is 11.6. The van der Waals surface area contributed by atoms with Crippen molar-refractivity contribution in [1.29, 1.82) is 0 Å². The van der Waals surface area contributed by atoms with Crippen LogP contribution in [-0.2, 0) is 0 Å². The summed E-state index contributed by atoms with van der Waals surface area (Å²) in [5, 5.41) is 9.51. The molecule has 16 heavy (non-hydrogen) atoms. The average molecular weight is 239 g/mol. The molecule has 0 aliphatic carbocycles. The van der Waals surface area contributed by atoms with Crippen molar-refractivity contribution in [3.63, 3.8) is 0 Å². The van der Waals surface area contributed by atoms with E-state index in [4.69, 9.17) is 5.84 Å². The zero-order valence-electron chi connectivity index (χ0n) is 8.11. The Morgan fingerprint density at radius 2 is 2.31 bits per heavy atom. The Bertz CT molecular complexity index is 602. The summed E-state index contributed by atoms with van der Waals surface area (Å²) in [4.78, 5) is 25.0. The van der Waals surface area contributed by atoms with Crippen LogP contribution in [0.25, 0.3) is 10.2 Å². The number of aromatic nitrogens is 1. The van der Waals surface area contributed by atoms with Crippen molar-refractivity contribution in [2.45, 2.75) is 0 Å². The van der Waals surface area contributed by atoms with Crippen LogP contribution in [0.2, 0.25) is 0 Å². The van der Waals surface area contributed by atoms with Crippen LogP contribution in [0.1, 0.15) is 10.4 Å². The molecule has 0 saturated carbocycles. The molecule has 2 aromatic rings. The number of carbonyl (C=O) groups is 1. The van der Waals surface area contributed by atoms with E-state index in [-0.39, 0.29) is 28.5 Å². The fraction of sp³-hybridized carbons (Fsp3) is 0.111. The molecule has 0 aliphatic rings. The van der Waals surface area contributed by atoms with Gasteiger partial charge in [0.2, 0.25) is 0 Å². The van der Waals surface area contributed by atoms with E-state index in [0.717, 1.165) is 11.3 Å². The minimum atomic E-state index is -0.314. The van der Waals surface area contributed by atoms with Crippen LogP contribution in [0.4, 0.5) is 0 Å². The number of hydrogen-bond donors (Lipinski definition) is 4. The highest BCUT2D eigenvalue weighted by Crippen LogP contribution is 2.27. The van der Waals surface area contributed by atoms with Crippen molar-refractivity contribution in [2.75, 3.05) is 6.54 Å². The van der Waals surface area contributed by atoms with E-state index in [0.29, 0.717) is 10.3 Å². The van der Waals surface area contributed by atoms with E-state index in [1.54, 1.807) is 0 Å². The van der Waals surface area contributed by atoms with Gasteiger partial charge in [-0.05, 0) is 12.1 Å². The van der Waals surface area contributed by atoms with Crippen LogP contribution in [0.5, 0.6) is 5.75 Å². The molecule has 1 heterocycles. The third kappa shape index (κ3) is 1.71. The summed E-state index contributed by atoms with van der Waals surface area (Å²) in [7, 11) is 0. The van der Waals surface area contributed by atoms with Crippen molar-refractivity contribution in [1.82, 2.24) is 10.4 Å². The lowest BCUT2D eigenvalue weighted by atomic mass is 10.1. The lowest BCUT2D eigenvalue weighted by Crippen LogP contribution is -2.29. The number of rotatable bonds is 3. The molecule has 0 unspecified atom stereocenters. The number of nitrogens with two attached hydrogens (primary N) is 1. The normalized spacial score (nSPS) is 10.8. The predicted octanol–water partition coefficient (Wildman–Crippen LogP) is -0.0588. The molecule has 6 nitrogen and oxygen atoms in total. The smallest absolute Gasteiger partial charge is 0.305 e. The van der Waals surface area contributed by atoms with Crippen molar-refractivity contribution < 1.29 is 9.90 Å². The van der Waals surface area contributed by atoms with Gasteiger partial charge in [0.25, 0.3) is 0 Å². The van der Waals surface area contributed by atoms with E-state index in [1.807, 2.05) is 0 Å². The summed E-state index contributed by atoms with van der Waals surface area (Å²) in [5.41, 5.74) is 2.92. The number of thiazole rings is 1. The van der Waals surface area contributed by atoms with Crippen LogP contribution >= 0.6 is 11.3 Å². The molecular formula is C9H9N3O3S. The molecule has 0 amide bonds. The Kier molecular flexibility index (Phi) is 2.73. The molecule has 0 radical (unpaired) electrons. The topological polar surface area (TPSA) is 108 Å². The van der Waals surface area contributed by atoms with Gasteiger partial charge in [-0.1, -0.05) is 11.3 Å². The summed E-state index contributed by atoms with van der Waals surface area (Å²) in [6.07, 6.45) is 0. The van der Waals surface area contributed by atoms with Crippen LogP contribution in [-0.4, -0.2) is 22.4 Å². The maximum absolute atomic E-state index is 11.6. The maximum Gasteiger partial charge on any atom is 0.305 e. The number of phenols is 1. The van der Waals surface area contributed by atoms with Gasteiger partial charge >= 0.3 is 4.87 Å². The standard InChI is InChI=1S/C9H9N3O3S/c10-11-3-6(14)4-1-2-5(13)7-8(4)16-9(15)12-7/h1-2,11,13H,3,10H2,(H,12,15). The van der Waals surface area contributed by atoms with Gasteiger partial charge in [-0.2, -0.15) is 0 Å². The second-order valence-electron chi connectivity index (χ2n) is 3.15. The Morgan fingerprint density at radius 3 is 3.00 bits per heavy atom. The van der Waals surface area contributed by atoms with Gasteiger partial charge in [-0.25, -0.2) is 0 Å². The van der Waals surface area contributed by atoms with Gasteiger partial charge in [-0.3, -0.25) is 20.9 Å². The summed E-state index contributed by atoms with van der Waals surface area (Å²) >= 11 is 0.887. The molecule has 2 rings (SSSR count). The van der Waals surface area contributed by atoms with E-state index < -0.39 is 0 Å². The Balaban J connectivity index is 2.67. The van der Waals surface area contributed by atoms with E-state index in [1.165, 1.54) is 12.1 Å². The number of phenolic OH excluding ortho intramolecular Hbond substituents is 1. The number of ketones is 1. The summed E-state index contributed by atoms with van der Waals surface area (Å²) in [6.45, 7) is -0.0219. The second kappa shape index (κ2) is 4.05. The first-order chi connectivity index (χ1) is 7.63. The fourth-order valence-corrected chi connectivity index (χ4v) is 2.31. The fourth-order valence-electron chi connectivity index (χ4n) is 1.43. The third-order valence-electron chi connectivity index (χ3n) is 2.12. The lowest BCUT2D eigenvalue weighted by molar-refractivity contribution is 0.0993. The van der Waals surface area contributed by atoms with Crippen LogP contribution in [0.15, 0.2) is 16.9 Å². The highest BCUT2D eigenvalue weighted by Gasteiger charge is 2.14. The third-order valence-corrected chi connectivity index (χ3v) is 3.04. The number of aromatic hydroxyl groups is 1. The van der Waals surface area contributed by atoms with Gasteiger partial charge in [-0.15, -0.1) is 0 Å². The molecule has 1 aromatic heterocycles. The Hall–Kier alpha value is -1.70. The first kappa shape index (κ1) is 10.8. The minimum absolute atomic E-state index is 0.0219.